The van der Waals surface area contributed by atoms with Crippen LogP contribution in [-0.2, 0) is 0 Å². The summed E-state index contributed by atoms with van der Waals surface area (Å²) in [5.74, 6) is 1.95. The van der Waals surface area contributed by atoms with E-state index in [9.17, 15) is 5.11 Å². The first-order valence-corrected chi connectivity index (χ1v) is 6.48. The average Bonchev–Trinajstić information content (AvgIpc) is 3.09. The highest BCUT2D eigenvalue weighted by atomic mass is 16.3. The van der Waals surface area contributed by atoms with Crippen LogP contribution >= 0.6 is 0 Å². The molecule has 3 heteroatoms. The second-order valence-corrected chi connectivity index (χ2v) is 5.60. The molecule has 2 aliphatic carbocycles. The van der Waals surface area contributed by atoms with E-state index < -0.39 is 0 Å². The largest absolute Gasteiger partial charge is 0.392 e. The van der Waals surface area contributed by atoms with Crippen molar-refractivity contribution in [3.8, 4) is 0 Å². The van der Waals surface area contributed by atoms with E-state index in [1.54, 1.807) is 0 Å². The molecule has 2 saturated carbocycles. The average molecular weight is 210 g/mol. The molecule has 86 valence electrons. The Bertz CT molecular complexity index is 214. The molecule has 0 amide bonds. The molecule has 3 aliphatic rings. The zero-order valence-electron chi connectivity index (χ0n) is 9.28. The zero-order chi connectivity index (χ0) is 10.3. The van der Waals surface area contributed by atoms with Gasteiger partial charge in [0.2, 0.25) is 0 Å². The van der Waals surface area contributed by atoms with E-state index in [0.717, 1.165) is 37.4 Å². The predicted octanol–water partition coefficient (Wildman–Crippen LogP) is 0.487. The van der Waals surface area contributed by atoms with Gasteiger partial charge in [-0.15, -0.1) is 0 Å². The number of hydrogen-bond acceptors (Lipinski definition) is 3. The maximum atomic E-state index is 9.42. The van der Waals surface area contributed by atoms with Crippen molar-refractivity contribution in [1.29, 1.82) is 0 Å². The van der Waals surface area contributed by atoms with Crippen LogP contribution in [0.2, 0.25) is 0 Å². The van der Waals surface area contributed by atoms with Gasteiger partial charge in [-0.2, -0.15) is 0 Å². The molecule has 15 heavy (non-hydrogen) atoms. The van der Waals surface area contributed by atoms with Crippen molar-refractivity contribution in [2.75, 3.05) is 13.1 Å². The van der Waals surface area contributed by atoms with Gasteiger partial charge in [0.1, 0.15) is 0 Å². The number of aliphatic hydroxyl groups is 1. The van der Waals surface area contributed by atoms with Crippen molar-refractivity contribution in [3.05, 3.63) is 0 Å². The first-order valence-electron chi connectivity index (χ1n) is 6.48. The van der Waals surface area contributed by atoms with E-state index in [1.165, 1.54) is 25.7 Å². The molecule has 3 N–H and O–H groups in total. The Kier molecular flexibility index (Phi) is 2.71. The number of aliphatic hydroxyl groups excluding tert-OH is 1. The monoisotopic (exact) mass is 210 g/mol. The van der Waals surface area contributed by atoms with Crippen molar-refractivity contribution >= 4 is 0 Å². The fourth-order valence-electron chi connectivity index (χ4n) is 2.86. The highest BCUT2D eigenvalue weighted by Crippen LogP contribution is 2.44. The standard InChI is InChI=1S/C12H22N2O/c15-11-5-10(13-7-11)6-14-12(8-1-2-8)9-3-4-9/h8-15H,1-7H2. The van der Waals surface area contributed by atoms with Crippen molar-refractivity contribution < 1.29 is 5.11 Å². The van der Waals surface area contributed by atoms with Crippen LogP contribution in [0, 0.1) is 11.8 Å². The fraction of sp³-hybridized carbons (Fsp3) is 1.00. The van der Waals surface area contributed by atoms with Gasteiger partial charge in [-0.25, -0.2) is 0 Å². The molecule has 0 radical (unpaired) electrons. The fourth-order valence-corrected chi connectivity index (χ4v) is 2.86. The van der Waals surface area contributed by atoms with Crippen molar-refractivity contribution in [1.82, 2.24) is 10.6 Å². The molecule has 1 aliphatic heterocycles. The van der Waals surface area contributed by atoms with Crippen LogP contribution in [0.1, 0.15) is 32.1 Å². The van der Waals surface area contributed by atoms with E-state index in [0.29, 0.717) is 6.04 Å². The minimum atomic E-state index is -0.114. The Morgan fingerprint density at radius 2 is 1.87 bits per heavy atom. The Morgan fingerprint density at radius 3 is 2.33 bits per heavy atom. The topological polar surface area (TPSA) is 44.3 Å². The molecule has 0 aromatic rings. The summed E-state index contributed by atoms with van der Waals surface area (Å²) in [5.41, 5.74) is 0. The number of nitrogens with one attached hydrogen (secondary N) is 2. The second kappa shape index (κ2) is 4.04. The molecule has 0 spiro atoms. The van der Waals surface area contributed by atoms with Crippen LogP contribution in [0.5, 0.6) is 0 Å². The van der Waals surface area contributed by atoms with Gasteiger partial charge in [0.15, 0.2) is 0 Å². The Hall–Kier alpha value is -0.120. The summed E-state index contributed by atoms with van der Waals surface area (Å²) in [6.07, 6.45) is 6.57. The molecule has 1 saturated heterocycles. The summed E-state index contributed by atoms with van der Waals surface area (Å²) < 4.78 is 0. The lowest BCUT2D eigenvalue weighted by atomic mass is 10.1. The molecule has 3 rings (SSSR count). The Morgan fingerprint density at radius 1 is 1.20 bits per heavy atom. The summed E-state index contributed by atoms with van der Waals surface area (Å²) in [5, 5.41) is 16.5. The molecule has 3 nitrogen and oxygen atoms in total. The van der Waals surface area contributed by atoms with Crippen LogP contribution in [0.3, 0.4) is 0 Å². The third kappa shape index (κ3) is 2.52. The summed E-state index contributed by atoms with van der Waals surface area (Å²) in [4.78, 5) is 0. The van der Waals surface area contributed by atoms with Crippen molar-refractivity contribution in [2.24, 2.45) is 11.8 Å². The van der Waals surface area contributed by atoms with E-state index >= 15 is 0 Å². The van der Waals surface area contributed by atoms with Gasteiger partial charge in [0, 0.05) is 25.2 Å². The minimum absolute atomic E-state index is 0.114. The van der Waals surface area contributed by atoms with Crippen LogP contribution < -0.4 is 10.6 Å². The molecule has 2 atom stereocenters. The Labute approximate surface area is 91.6 Å². The van der Waals surface area contributed by atoms with E-state index in [2.05, 4.69) is 10.6 Å². The van der Waals surface area contributed by atoms with Crippen LogP contribution in [0.4, 0.5) is 0 Å². The van der Waals surface area contributed by atoms with Gasteiger partial charge in [0.25, 0.3) is 0 Å². The van der Waals surface area contributed by atoms with Crippen molar-refractivity contribution in [2.45, 2.75) is 50.3 Å². The van der Waals surface area contributed by atoms with Gasteiger partial charge >= 0.3 is 0 Å². The van der Waals surface area contributed by atoms with E-state index in [1.807, 2.05) is 0 Å². The van der Waals surface area contributed by atoms with Gasteiger partial charge in [-0.05, 0) is 43.9 Å². The van der Waals surface area contributed by atoms with Crippen LogP contribution in [-0.4, -0.2) is 36.4 Å². The lowest BCUT2D eigenvalue weighted by Gasteiger charge is -2.20. The van der Waals surface area contributed by atoms with E-state index in [-0.39, 0.29) is 6.10 Å². The Balaban J connectivity index is 1.43. The minimum Gasteiger partial charge on any atom is -0.392 e. The highest BCUT2D eigenvalue weighted by Gasteiger charge is 2.41. The maximum Gasteiger partial charge on any atom is 0.0680 e. The second-order valence-electron chi connectivity index (χ2n) is 5.60. The number of hydrogen-bond donors (Lipinski definition) is 3. The quantitative estimate of drug-likeness (QED) is 0.619. The van der Waals surface area contributed by atoms with Gasteiger partial charge in [-0.3, -0.25) is 0 Å². The third-order valence-electron chi connectivity index (χ3n) is 4.06. The van der Waals surface area contributed by atoms with Crippen molar-refractivity contribution in [3.63, 3.8) is 0 Å². The lowest BCUT2D eigenvalue weighted by molar-refractivity contribution is 0.192. The SMILES string of the molecule is OC1CNC(CNC(C2CC2)C2CC2)C1. The normalized spacial score (nSPS) is 36.4. The zero-order valence-corrected chi connectivity index (χ0v) is 9.28. The molecule has 0 aromatic carbocycles. The molecular formula is C12H22N2O. The van der Waals surface area contributed by atoms with Crippen LogP contribution in [0.25, 0.3) is 0 Å². The first-order chi connectivity index (χ1) is 7.33. The number of rotatable bonds is 5. The van der Waals surface area contributed by atoms with Gasteiger partial charge < -0.3 is 15.7 Å². The summed E-state index contributed by atoms with van der Waals surface area (Å²) in [6.45, 7) is 1.83. The van der Waals surface area contributed by atoms with Gasteiger partial charge in [0.05, 0.1) is 6.10 Å². The molecule has 2 unspecified atom stereocenters. The molecule has 0 aromatic heterocycles. The molecule has 3 fully saturated rings. The summed E-state index contributed by atoms with van der Waals surface area (Å²) >= 11 is 0. The van der Waals surface area contributed by atoms with Gasteiger partial charge in [-0.1, -0.05) is 0 Å². The van der Waals surface area contributed by atoms with E-state index in [4.69, 9.17) is 0 Å². The maximum absolute atomic E-state index is 9.42. The predicted molar refractivity (Wildman–Crippen MR) is 59.7 cm³/mol. The highest BCUT2D eigenvalue weighted by molar-refractivity contribution is 4.97. The third-order valence-corrected chi connectivity index (χ3v) is 4.06. The lowest BCUT2D eigenvalue weighted by Crippen LogP contribution is -2.41. The molecule has 1 heterocycles. The summed E-state index contributed by atoms with van der Waals surface area (Å²) in [6, 6.07) is 1.30. The molecule has 0 bridgehead atoms. The summed E-state index contributed by atoms with van der Waals surface area (Å²) in [7, 11) is 0. The van der Waals surface area contributed by atoms with Crippen LogP contribution in [0.15, 0.2) is 0 Å². The number of β-amino-alcohol motifs (C(OH)–C–C–N with tert-alkyl or cyclic N) is 1. The molecular weight excluding hydrogens is 188 g/mol. The first kappa shape index (κ1) is 10.1. The smallest absolute Gasteiger partial charge is 0.0680 e.